The number of para-hydroxylation sites is 1. The maximum atomic E-state index is 12.9. The molecular weight excluding hydrogens is 402 g/mol. The molecule has 0 saturated carbocycles. The maximum Gasteiger partial charge on any atom is 0.312 e. The lowest BCUT2D eigenvalue weighted by atomic mass is 10.2. The minimum absolute atomic E-state index is 0.0607. The standard InChI is InChI=1S/C20H23N7O4/c1-5-25-11-16(17(24-25)20(29)21-15-9-7-6-8-10-15)22-19(28)14(4)26-13(3)18(27(30)31)12(2)23-26/h6-11,14H,5H2,1-4H3,(H,21,29)(H,22,28). The van der Waals surface area contributed by atoms with Crippen LogP contribution in [-0.4, -0.2) is 36.3 Å². The van der Waals surface area contributed by atoms with Crippen LogP contribution in [0.5, 0.6) is 0 Å². The van der Waals surface area contributed by atoms with Crippen LogP contribution < -0.4 is 10.6 Å². The van der Waals surface area contributed by atoms with E-state index in [9.17, 15) is 19.7 Å². The number of nitro groups is 1. The van der Waals surface area contributed by atoms with E-state index in [-0.39, 0.29) is 28.5 Å². The second kappa shape index (κ2) is 8.78. The predicted octanol–water partition coefficient (Wildman–Crippen LogP) is 3.08. The molecule has 11 heteroatoms. The smallest absolute Gasteiger partial charge is 0.312 e. The Bertz CT molecular complexity index is 1130. The van der Waals surface area contributed by atoms with Crippen LogP contribution in [0.15, 0.2) is 36.5 Å². The van der Waals surface area contributed by atoms with Gasteiger partial charge in [0.1, 0.15) is 17.4 Å². The van der Waals surface area contributed by atoms with Crippen molar-refractivity contribution in [3.63, 3.8) is 0 Å². The number of aromatic nitrogens is 4. The molecule has 3 aromatic rings. The Morgan fingerprint density at radius 2 is 1.84 bits per heavy atom. The van der Waals surface area contributed by atoms with Crippen LogP contribution in [0.1, 0.15) is 41.8 Å². The number of carbonyl (C=O) groups excluding carboxylic acids is 2. The van der Waals surface area contributed by atoms with Gasteiger partial charge in [-0.1, -0.05) is 18.2 Å². The second-order valence-corrected chi connectivity index (χ2v) is 6.95. The molecule has 162 valence electrons. The monoisotopic (exact) mass is 425 g/mol. The van der Waals surface area contributed by atoms with Gasteiger partial charge in [-0.2, -0.15) is 10.2 Å². The quantitative estimate of drug-likeness (QED) is 0.441. The Kier molecular flexibility index (Phi) is 6.14. The summed E-state index contributed by atoms with van der Waals surface area (Å²) in [6.07, 6.45) is 1.56. The fourth-order valence-electron chi connectivity index (χ4n) is 3.20. The summed E-state index contributed by atoms with van der Waals surface area (Å²) in [4.78, 5) is 36.3. The van der Waals surface area contributed by atoms with Crippen LogP contribution in [0, 0.1) is 24.0 Å². The van der Waals surface area contributed by atoms with Crippen LogP contribution >= 0.6 is 0 Å². The van der Waals surface area contributed by atoms with E-state index in [1.807, 2.05) is 13.0 Å². The highest BCUT2D eigenvalue weighted by Gasteiger charge is 2.28. The predicted molar refractivity (Wildman–Crippen MR) is 114 cm³/mol. The summed E-state index contributed by atoms with van der Waals surface area (Å²) in [5, 5.41) is 25.1. The molecule has 1 aromatic carbocycles. The van der Waals surface area contributed by atoms with E-state index >= 15 is 0 Å². The third kappa shape index (κ3) is 4.44. The minimum Gasteiger partial charge on any atom is -0.321 e. The molecule has 0 aliphatic rings. The van der Waals surface area contributed by atoms with Gasteiger partial charge in [-0.15, -0.1) is 0 Å². The van der Waals surface area contributed by atoms with Crippen molar-refractivity contribution in [1.82, 2.24) is 19.6 Å². The number of aryl methyl sites for hydroxylation is 2. The number of rotatable bonds is 7. The molecule has 2 amide bonds. The van der Waals surface area contributed by atoms with Gasteiger partial charge in [0, 0.05) is 18.4 Å². The summed E-state index contributed by atoms with van der Waals surface area (Å²) in [6.45, 7) is 6.99. The van der Waals surface area contributed by atoms with Gasteiger partial charge in [0.05, 0.1) is 10.6 Å². The fraction of sp³-hybridized carbons (Fsp3) is 0.300. The lowest BCUT2D eigenvalue weighted by Gasteiger charge is -2.14. The van der Waals surface area contributed by atoms with E-state index in [0.29, 0.717) is 12.2 Å². The lowest BCUT2D eigenvalue weighted by Crippen LogP contribution is -2.26. The fourth-order valence-corrected chi connectivity index (χ4v) is 3.20. The second-order valence-electron chi connectivity index (χ2n) is 6.95. The molecule has 0 aliphatic carbocycles. The first-order valence-electron chi connectivity index (χ1n) is 9.67. The molecule has 2 aromatic heterocycles. The average Bonchev–Trinajstić information content (AvgIpc) is 3.28. The summed E-state index contributed by atoms with van der Waals surface area (Å²) >= 11 is 0. The molecule has 1 unspecified atom stereocenters. The van der Waals surface area contributed by atoms with Crippen molar-refractivity contribution in [2.24, 2.45) is 0 Å². The van der Waals surface area contributed by atoms with Gasteiger partial charge in [-0.3, -0.25) is 29.1 Å². The first kappa shape index (κ1) is 21.7. The molecule has 0 fully saturated rings. The number of hydrogen-bond acceptors (Lipinski definition) is 6. The number of benzene rings is 1. The first-order valence-corrected chi connectivity index (χ1v) is 9.67. The molecule has 0 bridgehead atoms. The Morgan fingerprint density at radius 1 is 1.16 bits per heavy atom. The first-order chi connectivity index (χ1) is 14.7. The van der Waals surface area contributed by atoms with E-state index < -0.39 is 22.8 Å². The zero-order valence-electron chi connectivity index (χ0n) is 17.6. The van der Waals surface area contributed by atoms with Gasteiger partial charge in [0.15, 0.2) is 5.69 Å². The molecule has 2 N–H and O–H groups in total. The van der Waals surface area contributed by atoms with E-state index in [4.69, 9.17) is 0 Å². The van der Waals surface area contributed by atoms with Crippen molar-refractivity contribution >= 4 is 28.9 Å². The van der Waals surface area contributed by atoms with Crippen LogP contribution in [-0.2, 0) is 11.3 Å². The Hall–Kier alpha value is -4.02. The third-order valence-corrected chi connectivity index (χ3v) is 4.81. The lowest BCUT2D eigenvalue weighted by molar-refractivity contribution is -0.386. The summed E-state index contributed by atoms with van der Waals surface area (Å²) in [7, 11) is 0. The summed E-state index contributed by atoms with van der Waals surface area (Å²) in [5.74, 6) is -0.951. The summed E-state index contributed by atoms with van der Waals surface area (Å²) < 4.78 is 2.84. The highest BCUT2D eigenvalue weighted by atomic mass is 16.6. The summed E-state index contributed by atoms with van der Waals surface area (Å²) in [5.41, 5.74) is 1.27. The zero-order valence-corrected chi connectivity index (χ0v) is 17.6. The average molecular weight is 425 g/mol. The van der Waals surface area contributed by atoms with Crippen LogP contribution in [0.3, 0.4) is 0 Å². The highest BCUT2D eigenvalue weighted by molar-refractivity contribution is 6.09. The van der Waals surface area contributed by atoms with Crippen molar-refractivity contribution in [3.05, 3.63) is 63.7 Å². The number of hydrogen-bond donors (Lipinski definition) is 2. The number of carbonyl (C=O) groups is 2. The van der Waals surface area contributed by atoms with Gasteiger partial charge in [0.25, 0.3) is 5.91 Å². The normalized spacial score (nSPS) is 11.7. The van der Waals surface area contributed by atoms with E-state index in [0.717, 1.165) is 0 Å². The van der Waals surface area contributed by atoms with Crippen molar-refractivity contribution in [2.75, 3.05) is 10.6 Å². The Labute approximate surface area is 178 Å². The van der Waals surface area contributed by atoms with Crippen LogP contribution in [0.2, 0.25) is 0 Å². The van der Waals surface area contributed by atoms with Gasteiger partial charge in [0.2, 0.25) is 5.91 Å². The number of nitrogens with one attached hydrogen (secondary N) is 2. The third-order valence-electron chi connectivity index (χ3n) is 4.81. The molecule has 31 heavy (non-hydrogen) atoms. The molecule has 0 saturated heterocycles. The van der Waals surface area contributed by atoms with Gasteiger partial charge in [-0.25, -0.2) is 0 Å². The SMILES string of the molecule is CCn1cc(NC(=O)C(C)n2nc(C)c([N+](=O)[O-])c2C)c(C(=O)Nc2ccccc2)n1. The van der Waals surface area contributed by atoms with Crippen molar-refractivity contribution in [2.45, 2.75) is 40.3 Å². The molecule has 0 radical (unpaired) electrons. The molecule has 2 heterocycles. The molecular formula is C20H23N7O4. The van der Waals surface area contributed by atoms with Gasteiger partial charge in [-0.05, 0) is 39.8 Å². The molecule has 0 aliphatic heterocycles. The van der Waals surface area contributed by atoms with E-state index in [1.165, 1.54) is 23.2 Å². The topological polar surface area (TPSA) is 137 Å². The molecule has 3 rings (SSSR count). The number of amides is 2. The zero-order chi connectivity index (χ0) is 22.7. The van der Waals surface area contributed by atoms with Gasteiger partial charge >= 0.3 is 5.69 Å². The Morgan fingerprint density at radius 3 is 2.42 bits per heavy atom. The van der Waals surface area contributed by atoms with Crippen molar-refractivity contribution in [3.8, 4) is 0 Å². The molecule has 0 spiro atoms. The van der Waals surface area contributed by atoms with Crippen molar-refractivity contribution < 1.29 is 14.5 Å². The number of anilines is 2. The molecule has 11 nitrogen and oxygen atoms in total. The largest absolute Gasteiger partial charge is 0.321 e. The molecule has 1 atom stereocenters. The van der Waals surface area contributed by atoms with E-state index in [2.05, 4.69) is 20.8 Å². The number of nitrogens with zero attached hydrogens (tertiary/aromatic N) is 5. The van der Waals surface area contributed by atoms with E-state index in [1.54, 1.807) is 37.4 Å². The highest BCUT2D eigenvalue weighted by Crippen LogP contribution is 2.25. The van der Waals surface area contributed by atoms with Gasteiger partial charge < -0.3 is 10.6 Å². The Balaban J connectivity index is 1.84. The summed E-state index contributed by atoms with van der Waals surface area (Å²) in [6, 6.07) is 8.05. The van der Waals surface area contributed by atoms with Crippen LogP contribution in [0.25, 0.3) is 0 Å². The maximum absolute atomic E-state index is 12.9. The minimum atomic E-state index is -0.845. The van der Waals surface area contributed by atoms with Crippen molar-refractivity contribution in [1.29, 1.82) is 0 Å². The van der Waals surface area contributed by atoms with Crippen LogP contribution in [0.4, 0.5) is 17.1 Å².